The number of aryl methyl sites for hydroxylation is 1. The molecule has 0 saturated carbocycles. The van der Waals surface area contributed by atoms with Crippen molar-refractivity contribution in [3.05, 3.63) is 53.7 Å². The fourth-order valence-corrected chi connectivity index (χ4v) is 3.19. The number of aromatic amines is 1. The van der Waals surface area contributed by atoms with Crippen LogP contribution in [0.5, 0.6) is 0 Å². The third kappa shape index (κ3) is 3.17. The Hall–Kier alpha value is -2.96. The third-order valence-corrected chi connectivity index (χ3v) is 4.48. The van der Waals surface area contributed by atoms with Crippen molar-refractivity contribution in [3.63, 3.8) is 0 Å². The predicted molar refractivity (Wildman–Crippen MR) is 90.9 cm³/mol. The molecule has 4 rings (SSSR count). The molecule has 0 spiro atoms. The zero-order valence-corrected chi connectivity index (χ0v) is 14.0. The van der Waals surface area contributed by atoms with Gasteiger partial charge < -0.3 is 9.42 Å². The van der Waals surface area contributed by atoms with Crippen LogP contribution in [0.1, 0.15) is 40.8 Å². The fourth-order valence-electron chi connectivity index (χ4n) is 3.19. The minimum Gasteiger partial charge on any atom is -0.361 e. The maximum atomic E-state index is 12.6. The maximum Gasteiger partial charge on any atom is 0.276 e. The second-order valence-electron chi connectivity index (χ2n) is 6.32. The monoisotopic (exact) mass is 337 g/mol. The van der Waals surface area contributed by atoms with Crippen LogP contribution in [-0.4, -0.2) is 44.2 Å². The van der Waals surface area contributed by atoms with E-state index in [0.29, 0.717) is 23.8 Å². The number of H-pyrrole nitrogens is 1. The summed E-state index contributed by atoms with van der Waals surface area (Å²) >= 11 is 0. The first-order chi connectivity index (χ1) is 12.2. The molecular weight excluding hydrogens is 318 g/mol. The largest absolute Gasteiger partial charge is 0.361 e. The summed E-state index contributed by atoms with van der Waals surface area (Å²) in [5.74, 6) is 2.21. The zero-order chi connectivity index (χ0) is 17.2. The van der Waals surface area contributed by atoms with Crippen molar-refractivity contribution < 1.29 is 9.32 Å². The second-order valence-corrected chi connectivity index (χ2v) is 6.32. The molecule has 1 amide bonds. The predicted octanol–water partition coefficient (Wildman–Crippen LogP) is 2.79. The molecule has 1 aliphatic rings. The Bertz CT molecular complexity index is 870. The van der Waals surface area contributed by atoms with Crippen LogP contribution in [0.2, 0.25) is 0 Å². The van der Waals surface area contributed by atoms with Gasteiger partial charge in [0.1, 0.15) is 11.6 Å². The van der Waals surface area contributed by atoms with E-state index in [4.69, 9.17) is 4.52 Å². The summed E-state index contributed by atoms with van der Waals surface area (Å²) in [6, 6.07) is 11.5. The number of hydrogen-bond acceptors (Lipinski definition) is 5. The number of carbonyl (C=O) groups is 1. The van der Waals surface area contributed by atoms with Crippen LogP contribution in [-0.2, 0) is 0 Å². The number of nitrogens with zero attached hydrogens (tertiary/aromatic N) is 4. The molecule has 128 valence electrons. The quantitative estimate of drug-likeness (QED) is 0.794. The molecule has 3 heterocycles. The molecule has 1 atom stereocenters. The zero-order valence-electron chi connectivity index (χ0n) is 14.0. The average molecular weight is 337 g/mol. The van der Waals surface area contributed by atoms with Crippen molar-refractivity contribution in [1.29, 1.82) is 0 Å². The number of likely N-dealkylation sites (tertiary alicyclic amines) is 1. The summed E-state index contributed by atoms with van der Waals surface area (Å²) < 4.78 is 5.01. The van der Waals surface area contributed by atoms with Gasteiger partial charge in [-0.25, -0.2) is 4.98 Å². The normalized spacial score (nSPS) is 17.6. The highest BCUT2D eigenvalue weighted by Gasteiger charge is 2.29. The van der Waals surface area contributed by atoms with Gasteiger partial charge in [0.25, 0.3) is 5.91 Å². The molecule has 0 aliphatic carbocycles. The molecule has 25 heavy (non-hydrogen) atoms. The molecule has 0 radical (unpaired) electrons. The Morgan fingerprint density at radius 3 is 2.92 bits per heavy atom. The molecule has 1 fully saturated rings. The minimum absolute atomic E-state index is 0.0932. The van der Waals surface area contributed by atoms with Crippen molar-refractivity contribution in [2.45, 2.75) is 25.7 Å². The van der Waals surface area contributed by atoms with Crippen LogP contribution < -0.4 is 0 Å². The van der Waals surface area contributed by atoms with Crippen molar-refractivity contribution >= 4 is 5.91 Å². The molecular formula is C18H19N5O2. The van der Waals surface area contributed by atoms with Gasteiger partial charge in [-0.1, -0.05) is 35.5 Å². The first-order valence-electron chi connectivity index (χ1n) is 8.41. The molecule has 0 unspecified atom stereocenters. The summed E-state index contributed by atoms with van der Waals surface area (Å²) in [7, 11) is 0. The summed E-state index contributed by atoms with van der Waals surface area (Å²) in [6.07, 6.45) is 1.90. The SMILES string of the molecule is Cc1cc(C(=O)N2CCC[C@H](c3nc(-c4ccccc4)n[nH]3)C2)no1. The number of aromatic nitrogens is 4. The van der Waals surface area contributed by atoms with Crippen molar-refractivity contribution in [2.75, 3.05) is 13.1 Å². The summed E-state index contributed by atoms with van der Waals surface area (Å²) in [5, 5.41) is 11.2. The van der Waals surface area contributed by atoms with Crippen LogP contribution in [0.15, 0.2) is 40.9 Å². The standard InChI is InChI=1S/C18H19N5O2/c1-12-10-15(22-25-12)18(24)23-9-5-8-14(11-23)17-19-16(20-21-17)13-6-3-2-4-7-13/h2-4,6-7,10,14H,5,8-9,11H2,1H3,(H,19,20,21)/t14-/m0/s1. The highest BCUT2D eigenvalue weighted by atomic mass is 16.5. The minimum atomic E-state index is -0.0932. The summed E-state index contributed by atoms with van der Waals surface area (Å²) in [4.78, 5) is 19.0. The lowest BCUT2D eigenvalue weighted by molar-refractivity contribution is 0.0694. The first kappa shape index (κ1) is 15.6. The lowest BCUT2D eigenvalue weighted by atomic mass is 9.97. The lowest BCUT2D eigenvalue weighted by Gasteiger charge is -2.31. The van der Waals surface area contributed by atoms with Gasteiger partial charge in [-0.15, -0.1) is 0 Å². The van der Waals surface area contributed by atoms with Crippen LogP contribution in [0.4, 0.5) is 0 Å². The third-order valence-electron chi connectivity index (χ3n) is 4.48. The van der Waals surface area contributed by atoms with Gasteiger partial charge >= 0.3 is 0 Å². The Balaban J connectivity index is 1.50. The maximum absolute atomic E-state index is 12.6. The van der Waals surface area contributed by atoms with E-state index in [1.54, 1.807) is 13.0 Å². The topological polar surface area (TPSA) is 87.9 Å². The number of hydrogen-bond donors (Lipinski definition) is 1. The number of benzene rings is 1. The lowest BCUT2D eigenvalue weighted by Crippen LogP contribution is -2.39. The Kier molecular flexibility index (Phi) is 4.05. The Morgan fingerprint density at radius 2 is 2.16 bits per heavy atom. The molecule has 1 N–H and O–H groups in total. The van der Waals surface area contributed by atoms with Crippen molar-refractivity contribution in [2.24, 2.45) is 0 Å². The average Bonchev–Trinajstić information content (AvgIpc) is 3.31. The van der Waals surface area contributed by atoms with Gasteiger partial charge in [0.15, 0.2) is 11.5 Å². The van der Waals surface area contributed by atoms with E-state index in [-0.39, 0.29) is 11.8 Å². The van der Waals surface area contributed by atoms with Gasteiger partial charge in [-0.3, -0.25) is 9.89 Å². The first-order valence-corrected chi connectivity index (χ1v) is 8.41. The van der Waals surface area contributed by atoms with Crippen LogP contribution >= 0.6 is 0 Å². The van der Waals surface area contributed by atoms with Crippen molar-refractivity contribution in [3.8, 4) is 11.4 Å². The smallest absolute Gasteiger partial charge is 0.276 e. The van der Waals surface area contributed by atoms with E-state index in [2.05, 4.69) is 20.3 Å². The van der Waals surface area contributed by atoms with E-state index in [0.717, 1.165) is 30.8 Å². The van der Waals surface area contributed by atoms with Gasteiger partial charge in [0.2, 0.25) is 0 Å². The van der Waals surface area contributed by atoms with E-state index in [1.807, 2.05) is 35.2 Å². The molecule has 7 heteroatoms. The summed E-state index contributed by atoms with van der Waals surface area (Å²) in [5.41, 5.74) is 1.34. The number of amides is 1. The summed E-state index contributed by atoms with van der Waals surface area (Å²) in [6.45, 7) is 3.11. The Morgan fingerprint density at radius 1 is 1.32 bits per heavy atom. The van der Waals surface area contributed by atoms with Crippen LogP contribution in [0, 0.1) is 6.92 Å². The number of piperidine rings is 1. The Labute approximate surface area is 145 Å². The molecule has 2 aromatic heterocycles. The van der Waals surface area contributed by atoms with E-state index >= 15 is 0 Å². The molecule has 7 nitrogen and oxygen atoms in total. The second kappa shape index (κ2) is 6.51. The molecule has 3 aromatic rings. The van der Waals surface area contributed by atoms with Crippen LogP contribution in [0.25, 0.3) is 11.4 Å². The van der Waals surface area contributed by atoms with Gasteiger partial charge in [-0.2, -0.15) is 5.10 Å². The highest BCUT2D eigenvalue weighted by molar-refractivity contribution is 5.92. The number of nitrogens with one attached hydrogen (secondary N) is 1. The fraction of sp³-hybridized carbons (Fsp3) is 0.333. The van der Waals surface area contributed by atoms with Gasteiger partial charge in [0.05, 0.1) is 0 Å². The van der Waals surface area contributed by atoms with Crippen molar-refractivity contribution in [1.82, 2.24) is 25.2 Å². The van der Waals surface area contributed by atoms with Crippen LogP contribution in [0.3, 0.4) is 0 Å². The van der Waals surface area contributed by atoms with E-state index in [9.17, 15) is 4.79 Å². The van der Waals surface area contributed by atoms with Gasteiger partial charge in [0, 0.05) is 30.6 Å². The van der Waals surface area contributed by atoms with E-state index in [1.165, 1.54) is 0 Å². The number of rotatable bonds is 3. The highest BCUT2D eigenvalue weighted by Crippen LogP contribution is 2.27. The van der Waals surface area contributed by atoms with E-state index < -0.39 is 0 Å². The molecule has 1 saturated heterocycles. The molecule has 1 aromatic carbocycles. The van der Waals surface area contributed by atoms with Gasteiger partial charge in [-0.05, 0) is 19.8 Å². The number of carbonyl (C=O) groups excluding carboxylic acids is 1. The molecule has 0 bridgehead atoms. The molecule has 1 aliphatic heterocycles.